The number of anilines is 1. The Hall–Kier alpha value is -1.66. The lowest BCUT2D eigenvalue weighted by atomic mass is 10.0. The number of nitrogens with one attached hydrogen (secondary N) is 1. The first-order valence-corrected chi connectivity index (χ1v) is 7.14. The van der Waals surface area contributed by atoms with Gasteiger partial charge in [-0.3, -0.25) is 4.79 Å². The van der Waals surface area contributed by atoms with Crippen LogP contribution in [0.25, 0.3) is 0 Å². The maximum absolute atomic E-state index is 13.6. The number of likely N-dealkylation sites (N-methyl/N-ethyl adjacent to an activating group) is 1. The maximum atomic E-state index is 13.6. The fraction of sp³-hybridized carbons (Fsp3) is 0.533. The molecule has 2 N–H and O–H groups in total. The van der Waals surface area contributed by atoms with Crippen LogP contribution >= 0.6 is 0 Å². The van der Waals surface area contributed by atoms with Gasteiger partial charge in [-0.25, -0.2) is 4.39 Å². The third-order valence-electron chi connectivity index (χ3n) is 3.82. The predicted octanol–water partition coefficient (Wildman–Crippen LogP) is 0.747. The summed E-state index contributed by atoms with van der Waals surface area (Å²) in [6, 6.07) is 4.31. The van der Waals surface area contributed by atoms with Crippen LogP contribution in [0.4, 0.5) is 10.1 Å². The van der Waals surface area contributed by atoms with Gasteiger partial charge in [0.05, 0.1) is 6.04 Å². The van der Waals surface area contributed by atoms with Gasteiger partial charge in [-0.15, -0.1) is 0 Å². The van der Waals surface area contributed by atoms with Crippen molar-refractivity contribution in [2.75, 3.05) is 44.7 Å². The Kier molecular flexibility index (Phi) is 5.14. The number of aliphatic hydroxyl groups excluding tert-OH is 1. The minimum absolute atomic E-state index is 0.326. The van der Waals surface area contributed by atoms with E-state index >= 15 is 0 Å². The fourth-order valence-electron chi connectivity index (χ4n) is 2.57. The molecular weight excluding hydrogens is 273 g/mol. The van der Waals surface area contributed by atoms with Crippen molar-refractivity contribution < 1.29 is 14.3 Å². The van der Waals surface area contributed by atoms with Crippen molar-refractivity contribution in [1.82, 2.24) is 10.2 Å². The number of carbonyl (C=O) groups is 1. The van der Waals surface area contributed by atoms with E-state index in [0.717, 1.165) is 37.4 Å². The molecule has 1 amide bonds. The van der Waals surface area contributed by atoms with Gasteiger partial charge >= 0.3 is 0 Å². The molecule has 1 aliphatic rings. The molecule has 21 heavy (non-hydrogen) atoms. The van der Waals surface area contributed by atoms with Gasteiger partial charge in [-0.2, -0.15) is 0 Å². The zero-order valence-electron chi connectivity index (χ0n) is 12.5. The van der Waals surface area contributed by atoms with Crippen LogP contribution in [0.5, 0.6) is 0 Å². The largest absolute Gasteiger partial charge is 0.387 e. The van der Waals surface area contributed by atoms with Gasteiger partial charge in [0.15, 0.2) is 0 Å². The van der Waals surface area contributed by atoms with Gasteiger partial charge in [0.2, 0.25) is 5.91 Å². The predicted molar refractivity (Wildman–Crippen MR) is 79.8 cm³/mol. The Morgan fingerprint density at radius 3 is 2.67 bits per heavy atom. The van der Waals surface area contributed by atoms with Crippen molar-refractivity contribution in [2.45, 2.75) is 13.0 Å². The summed E-state index contributed by atoms with van der Waals surface area (Å²) >= 11 is 0. The third kappa shape index (κ3) is 3.92. The molecule has 1 aromatic carbocycles. The van der Waals surface area contributed by atoms with E-state index in [1.54, 1.807) is 13.0 Å². The molecular formula is C15H22FN3O2. The van der Waals surface area contributed by atoms with Crippen molar-refractivity contribution in [3.05, 3.63) is 29.6 Å². The molecule has 116 valence electrons. The molecule has 1 fully saturated rings. The number of benzene rings is 1. The SMILES string of the molecule is CC(NC(=O)CO)c1cc(F)ccc1N1CCN(C)CC1. The zero-order chi connectivity index (χ0) is 15.4. The number of aliphatic hydroxyl groups is 1. The van der Waals surface area contributed by atoms with Crippen LogP contribution in [0.15, 0.2) is 18.2 Å². The van der Waals surface area contributed by atoms with E-state index in [1.807, 2.05) is 0 Å². The van der Waals surface area contributed by atoms with Crippen LogP contribution in [0, 0.1) is 5.82 Å². The number of hydrogen-bond donors (Lipinski definition) is 2. The van der Waals surface area contributed by atoms with Crippen molar-refractivity contribution in [3.63, 3.8) is 0 Å². The van der Waals surface area contributed by atoms with Crippen LogP contribution < -0.4 is 10.2 Å². The molecule has 0 aromatic heterocycles. The summed E-state index contributed by atoms with van der Waals surface area (Å²) in [5.74, 6) is -0.788. The lowest BCUT2D eigenvalue weighted by Gasteiger charge is -2.36. The highest BCUT2D eigenvalue weighted by molar-refractivity contribution is 5.77. The van der Waals surface area contributed by atoms with Crippen LogP contribution in [0.1, 0.15) is 18.5 Å². The lowest BCUT2D eigenvalue weighted by molar-refractivity contribution is -0.124. The molecule has 1 aliphatic heterocycles. The smallest absolute Gasteiger partial charge is 0.246 e. The van der Waals surface area contributed by atoms with Crippen molar-refractivity contribution >= 4 is 11.6 Å². The van der Waals surface area contributed by atoms with Gasteiger partial charge in [-0.05, 0) is 32.2 Å². The zero-order valence-corrected chi connectivity index (χ0v) is 12.5. The Balaban J connectivity index is 2.22. The highest BCUT2D eigenvalue weighted by Crippen LogP contribution is 2.28. The first kappa shape index (κ1) is 15.7. The van der Waals surface area contributed by atoms with E-state index in [-0.39, 0.29) is 11.9 Å². The molecule has 2 rings (SSSR count). The average molecular weight is 295 g/mol. The first-order chi connectivity index (χ1) is 10.0. The van der Waals surface area contributed by atoms with Gasteiger partial charge in [0.1, 0.15) is 12.4 Å². The molecule has 1 heterocycles. The molecule has 1 unspecified atom stereocenters. The molecule has 0 spiro atoms. The van der Waals surface area contributed by atoms with E-state index < -0.39 is 12.5 Å². The number of carbonyl (C=O) groups excluding carboxylic acids is 1. The number of piperazine rings is 1. The monoisotopic (exact) mass is 295 g/mol. The molecule has 1 atom stereocenters. The standard InChI is InChI=1S/C15H22FN3O2/c1-11(17-15(21)10-20)13-9-12(16)3-4-14(13)19-7-5-18(2)6-8-19/h3-4,9,11,20H,5-8,10H2,1-2H3,(H,17,21). The second-order valence-corrected chi connectivity index (χ2v) is 5.44. The Morgan fingerprint density at radius 1 is 1.38 bits per heavy atom. The van der Waals surface area contributed by atoms with E-state index in [2.05, 4.69) is 22.2 Å². The summed E-state index contributed by atoms with van der Waals surface area (Å²) in [7, 11) is 2.08. The molecule has 5 nitrogen and oxygen atoms in total. The summed E-state index contributed by atoms with van der Waals surface area (Å²) in [4.78, 5) is 15.8. The van der Waals surface area contributed by atoms with Crippen molar-refractivity contribution in [2.24, 2.45) is 0 Å². The van der Waals surface area contributed by atoms with Gasteiger partial charge < -0.3 is 20.2 Å². The highest BCUT2D eigenvalue weighted by Gasteiger charge is 2.20. The van der Waals surface area contributed by atoms with Crippen LogP contribution in [-0.4, -0.2) is 55.7 Å². The van der Waals surface area contributed by atoms with Gasteiger partial charge in [0.25, 0.3) is 0 Å². The fourth-order valence-corrected chi connectivity index (χ4v) is 2.57. The quantitative estimate of drug-likeness (QED) is 0.860. The Bertz CT molecular complexity index is 502. The van der Waals surface area contributed by atoms with Gasteiger partial charge in [0, 0.05) is 37.4 Å². The average Bonchev–Trinajstić information content (AvgIpc) is 2.48. The first-order valence-electron chi connectivity index (χ1n) is 7.14. The molecule has 0 radical (unpaired) electrons. The molecule has 1 saturated heterocycles. The minimum Gasteiger partial charge on any atom is -0.387 e. The van der Waals surface area contributed by atoms with E-state index in [1.165, 1.54) is 12.1 Å². The Morgan fingerprint density at radius 2 is 2.05 bits per heavy atom. The van der Waals surface area contributed by atoms with Crippen LogP contribution in [0.2, 0.25) is 0 Å². The summed E-state index contributed by atoms with van der Waals surface area (Å²) < 4.78 is 13.6. The second-order valence-electron chi connectivity index (χ2n) is 5.44. The highest BCUT2D eigenvalue weighted by atomic mass is 19.1. The second kappa shape index (κ2) is 6.87. The number of rotatable bonds is 4. The Labute approximate surface area is 124 Å². The van der Waals surface area contributed by atoms with E-state index in [9.17, 15) is 9.18 Å². The number of amides is 1. The molecule has 0 aliphatic carbocycles. The number of hydrogen-bond acceptors (Lipinski definition) is 4. The topological polar surface area (TPSA) is 55.8 Å². The van der Waals surface area contributed by atoms with E-state index in [0.29, 0.717) is 0 Å². The molecule has 1 aromatic rings. The van der Waals surface area contributed by atoms with Crippen molar-refractivity contribution in [3.8, 4) is 0 Å². The van der Waals surface area contributed by atoms with Gasteiger partial charge in [-0.1, -0.05) is 0 Å². The molecule has 0 bridgehead atoms. The number of nitrogens with zero attached hydrogens (tertiary/aromatic N) is 2. The van der Waals surface area contributed by atoms with Crippen LogP contribution in [-0.2, 0) is 4.79 Å². The normalized spacial score (nSPS) is 17.6. The summed E-state index contributed by atoms with van der Waals surface area (Å²) in [5, 5.41) is 11.5. The number of halogens is 1. The van der Waals surface area contributed by atoms with E-state index in [4.69, 9.17) is 5.11 Å². The van der Waals surface area contributed by atoms with Crippen LogP contribution in [0.3, 0.4) is 0 Å². The minimum atomic E-state index is -0.566. The maximum Gasteiger partial charge on any atom is 0.246 e. The molecule has 0 saturated carbocycles. The van der Waals surface area contributed by atoms with Crippen molar-refractivity contribution in [1.29, 1.82) is 0 Å². The third-order valence-corrected chi connectivity index (χ3v) is 3.82. The molecule has 6 heteroatoms. The lowest BCUT2D eigenvalue weighted by Crippen LogP contribution is -2.45. The summed E-state index contributed by atoms with van der Waals surface area (Å²) in [6.45, 7) is 4.87. The summed E-state index contributed by atoms with van der Waals surface area (Å²) in [5.41, 5.74) is 1.68. The summed E-state index contributed by atoms with van der Waals surface area (Å²) in [6.07, 6.45) is 0.